The molecule has 0 amide bonds. The van der Waals surface area contributed by atoms with E-state index < -0.39 is 0 Å². The predicted molar refractivity (Wildman–Crippen MR) is 127 cm³/mol. The number of hydrogen-bond acceptors (Lipinski definition) is 6. The summed E-state index contributed by atoms with van der Waals surface area (Å²) in [5.41, 5.74) is 10.3. The van der Waals surface area contributed by atoms with Crippen molar-refractivity contribution in [1.82, 2.24) is 20.3 Å². The molecule has 1 fully saturated rings. The Morgan fingerprint density at radius 1 is 1.00 bits per heavy atom. The van der Waals surface area contributed by atoms with Crippen molar-refractivity contribution in [2.24, 2.45) is 11.1 Å². The van der Waals surface area contributed by atoms with Crippen molar-refractivity contribution in [1.29, 1.82) is 0 Å². The van der Waals surface area contributed by atoms with Gasteiger partial charge in [-0.15, -0.1) is 12.4 Å². The van der Waals surface area contributed by atoms with E-state index in [-0.39, 0.29) is 34.9 Å². The zero-order valence-electron chi connectivity index (χ0n) is 16.6. The highest BCUT2D eigenvalue weighted by Crippen LogP contribution is 2.59. The van der Waals surface area contributed by atoms with Gasteiger partial charge in [0.25, 0.3) is 0 Å². The second-order valence-electron chi connectivity index (χ2n) is 7.82. The number of fused-ring (bicyclic) bond motifs is 1. The number of nitrogens with one attached hydrogen (secondary N) is 1. The van der Waals surface area contributed by atoms with Crippen LogP contribution in [0, 0.1) is 5.41 Å². The van der Waals surface area contributed by atoms with Crippen molar-refractivity contribution >= 4 is 47.4 Å². The molecule has 1 saturated heterocycles. The number of benzene rings is 1. The van der Waals surface area contributed by atoms with Gasteiger partial charge < -0.3 is 11.1 Å². The van der Waals surface area contributed by atoms with E-state index in [0.29, 0.717) is 5.02 Å². The molecule has 2 aliphatic rings. The zero-order valence-corrected chi connectivity index (χ0v) is 19.7. The Morgan fingerprint density at radius 2 is 1.74 bits per heavy atom. The van der Waals surface area contributed by atoms with Crippen molar-refractivity contribution in [2.75, 3.05) is 13.1 Å². The Labute approximate surface area is 202 Å². The Bertz CT molecular complexity index is 1070. The lowest BCUT2D eigenvalue weighted by Gasteiger charge is -2.42. The van der Waals surface area contributed by atoms with E-state index in [9.17, 15) is 0 Å². The largest absolute Gasteiger partial charge is 0.323 e. The molecule has 3 heterocycles. The second-order valence-corrected chi connectivity index (χ2v) is 9.62. The molecule has 162 valence electrons. The van der Waals surface area contributed by atoms with E-state index in [1.165, 1.54) is 22.9 Å². The minimum atomic E-state index is -0.0276. The first kappa shape index (κ1) is 22.8. The molecule has 2 unspecified atom stereocenters. The van der Waals surface area contributed by atoms with Gasteiger partial charge in [-0.3, -0.25) is 4.98 Å². The fraction of sp³-hybridized carbons (Fsp3) is 0.318. The minimum Gasteiger partial charge on any atom is -0.323 e. The van der Waals surface area contributed by atoms with Gasteiger partial charge in [-0.25, -0.2) is 9.97 Å². The maximum Gasteiger partial charge on any atom is 0.148 e. The van der Waals surface area contributed by atoms with Crippen LogP contribution < -0.4 is 11.1 Å². The van der Waals surface area contributed by atoms with Gasteiger partial charge in [-0.05, 0) is 43.1 Å². The Morgan fingerprint density at radius 3 is 2.45 bits per heavy atom. The molecule has 3 N–H and O–H groups in total. The van der Waals surface area contributed by atoms with Crippen molar-refractivity contribution in [3.63, 3.8) is 0 Å². The van der Waals surface area contributed by atoms with E-state index in [2.05, 4.69) is 39.6 Å². The van der Waals surface area contributed by atoms with Crippen molar-refractivity contribution in [3.05, 3.63) is 75.9 Å². The van der Waals surface area contributed by atoms with Crippen LogP contribution in [-0.2, 0) is 0 Å². The van der Waals surface area contributed by atoms with Gasteiger partial charge in [-0.2, -0.15) is 0 Å². The summed E-state index contributed by atoms with van der Waals surface area (Å²) in [5.74, 6) is 0.149. The summed E-state index contributed by atoms with van der Waals surface area (Å²) in [6, 6.07) is 10.4. The number of pyridine rings is 1. The van der Waals surface area contributed by atoms with E-state index in [1.807, 2.05) is 18.5 Å². The van der Waals surface area contributed by atoms with E-state index in [0.717, 1.165) is 41.5 Å². The highest BCUT2D eigenvalue weighted by molar-refractivity contribution is 7.99. The Kier molecular flexibility index (Phi) is 6.77. The van der Waals surface area contributed by atoms with Crippen LogP contribution in [0.15, 0.2) is 58.8 Å². The van der Waals surface area contributed by atoms with Gasteiger partial charge in [-0.1, -0.05) is 59.2 Å². The quantitative estimate of drug-likeness (QED) is 0.483. The number of nitrogens with two attached hydrogens (primary N) is 1. The van der Waals surface area contributed by atoms with Crippen LogP contribution >= 0.6 is 47.4 Å². The Balaban J connectivity index is 0.00000231. The molecule has 0 radical (unpaired) electrons. The van der Waals surface area contributed by atoms with Crippen LogP contribution in [0.2, 0.25) is 10.2 Å². The van der Waals surface area contributed by atoms with Gasteiger partial charge in [0.1, 0.15) is 10.2 Å². The number of rotatable bonds is 3. The van der Waals surface area contributed by atoms with Crippen LogP contribution in [0.1, 0.15) is 41.6 Å². The summed E-state index contributed by atoms with van der Waals surface area (Å²) in [6.45, 7) is 1.95. The Hall–Kier alpha value is -1.41. The van der Waals surface area contributed by atoms with Gasteiger partial charge in [0.2, 0.25) is 0 Å². The molecule has 31 heavy (non-hydrogen) atoms. The first-order valence-corrected chi connectivity index (χ1v) is 11.5. The summed E-state index contributed by atoms with van der Waals surface area (Å²) >= 11 is 13.7. The monoisotopic (exact) mass is 493 g/mol. The molecule has 0 bridgehead atoms. The average molecular weight is 495 g/mol. The molecule has 1 spiro atoms. The fourth-order valence-corrected chi connectivity index (χ4v) is 6.12. The normalized spacial score (nSPS) is 21.5. The second kappa shape index (κ2) is 9.22. The number of hydrogen-bond donors (Lipinski definition) is 2. The predicted octanol–water partition coefficient (Wildman–Crippen LogP) is 5.27. The average Bonchev–Trinajstić information content (AvgIpc) is 3.01. The van der Waals surface area contributed by atoms with Gasteiger partial charge in [0.15, 0.2) is 0 Å². The molecule has 1 aromatic carbocycles. The van der Waals surface area contributed by atoms with Crippen molar-refractivity contribution in [3.8, 4) is 0 Å². The number of halogens is 3. The maximum absolute atomic E-state index is 6.83. The third-order valence-electron chi connectivity index (χ3n) is 6.34. The molecule has 2 atom stereocenters. The topological polar surface area (TPSA) is 76.7 Å². The van der Waals surface area contributed by atoms with Crippen LogP contribution in [0.3, 0.4) is 0 Å². The number of aromatic nitrogens is 3. The zero-order chi connectivity index (χ0) is 20.7. The fourth-order valence-electron chi connectivity index (χ4n) is 4.92. The lowest BCUT2D eigenvalue weighted by molar-refractivity contribution is 0.149. The van der Waals surface area contributed by atoms with Gasteiger partial charge in [0, 0.05) is 28.5 Å². The van der Waals surface area contributed by atoms with Crippen LogP contribution in [0.4, 0.5) is 0 Å². The lowest BCUT2D eigenvalue weighted by Crippen LogP contribution is -2.44. The first-order chi connectivity index (χ1) is 14.6. The molecule has 5 nitrogen and oxygen atoms in total. The molecule has 3 aromatic rings. The lowest BCUT2D eigenvalue weighted by atomic mass is 9.66. The van der Waals surface area contributed by atoms with Crippen LogP contribution in [-0.4, -0.2) is 28.0 Å². The minimum absolute atomic E-state index is 0. The van der Waals surface area contributed by atoms with E-state index >= 15 is 0 Å². The third kappa shape index (κ3) is 3.94. The summed E-state index contributed by atoms with van der Waals surface area (Å²) < 4.78 is 0. The van der Waals surface area contributed by atoms with Gasteiger partial charge >= 0.3 is 0 Å². The molecule has 2 aromatic heterocycles. The summed E-state index contributed by atoms with van der Waals surface area (Å²) in [5, 5.41) is 4.96. The highest BCUT2D eigenvalue weighted by Gasteiger charge is 2.52. The van der Waals surface area contributed by atoms with Crippen molar-refractivity contribution < 1.29 is 0 Å². The summed E-state index contributed by atoms with van der Waals surface area (Å²) in [7, 11) is 0. The number of nitrogens with zero attached hydrogens (tertiary/aromatic N) is 3. The SMILES string of the molecule is Cl.NC1c2ccccc2C(c2cnc(Sc3ccnc(Cl)c3Cl)cn2)C12CCNCC2. The highest BCUT2D eigenvalue weighted by atomic mass is 35.5. The maximum atomic E-state index is 6.83. The van der Waals surface area contributed by atoms with E-state index in [1.54, 1.807) is 6.20 Å². The van der Waals surface area contributed by atoms with Crippen molar-refractivity contribution in [2.45, 2.75) is 34.7 Å². The first-order valence-electron chi connectivity index (χ1n) is 9.95. The van der Waals surface area contributed by atoms with Gasteiger partial charge in [0.05, 0.1) is 23.1 Å². The smallest absolute Gasteiger partial charge is 0.148 e. The molecule has 5 rings (SSSR count). The van der Waals surface area contributed by atoms with Crippen LogP contribution in [0.25, 0.3) is 0 Å². The standard InChI is InChI=1S/C22H21Cl2N5S.ClH/c23-19-16(5-8-27-21(19)24)30-17-12-28-15(11-29-17)18-13-3-1-2-4-14(13)20(25)22(18)6-9-26-10-7-22;/h1-5,8,11-12,18,20,26H,6-7,9-10,25H2;1H. The van der Waals surface area contributed by atoms with Crippen LogP contribution in [0.5, 0.6) is 0 Å². The molecule has 9 heteroatoms. The summed E-state index contributed by atoms with van der Waals surface area (Å²) in [6.07, 6.45) is 7.39. The molecular formula is C22H22Cl3N5S. The summed E-state index contributed by atoms with van der Waals surface area (Å²) in [4.78, 5) is 14.3. The van der Waals surface area contributed by atoms with E-state index in [4.69, 9.17) is 33.9 Å². The molecule has 1 aliphatic heterocycles. The molecule has 0 saturated carbocycles. The third-order valence-corrected chi connectivity index (χ3v) is 8.20. The molecular weight excluding hydrogens is 473 g/mol. The number of piperidine rings is 1. The molecule has 1 aliphatic carbocycles.